The molecule has 1 saturated heterocycles. The molecule has 2 N–H and O–H groups in total. The Morgan fingerprint density at radius 3 is 1.69 bits per heavy atom. The van der Waals surface area contributed by atoms with Crippen LogP contribution < -0.4 is 5.73 Å². The number of ether oxygens (including phenoxy) is 5. The molecule has 0 radical (unpaired) electrons. The molecule has 4 rings (SSSR count). The Morgan fingerprint density at radius 2 is 1.22 bits per heavy atom. The predicted molar refractivity (Wildman–Crippen MR) is 134 cm³/mol. The first-order valence-corrected chi connectivity index (χ1v) is 12.1. The summed E-state index contributed by atoms with van der Waals surface area (Å²) in [6.07, 6.45) is -2.74. The van der Waals surface area contributed by atoms with Crippen molar-refractivity contribution in [2.75, 3.05) is 13.7 Å². The first kappa shape index (κ1) is 26.0. The quantitative estimate of drug-likeness (QED) is 0.414. The maximum Gasteiger partial charge on any atom is 0.228 e. The fraction of sp³-hybridized carbons (Fsp3) is 0.345. The van der Waals surface area contributed by atoms with Gasteiger partial charge >= 0.3 is 0 Å². The number of hydrogen-bond acceptors (Lipinski definition) is 6. The highest BCUT2D eigenvalue weighted by Gasteiger charge is 2.50. The monoisotopic (exact) mass is 491 g/mol. The van der Waals surface area contributed by atoms with Crippen LogP contribution in [0.3, 0.4) is 0 Å². The van der Waals surface area contributed by atoms with Crippen molar-refractivity contribution in [1.82, 2.24) is 0 Å². The molecule has 1 amide bonds. The molecule has 0 aliphatic carbocycles. The molecule has 190 valence electrons. The van der Waals surface area contributed by atoms with Gasteiger partial charge in [-0.1, -0.05) is 91.0 Å². The second-order valence-electron chi connectivity index (χ2n) is 8.73. The Hall–Kier alpha value is -3.07. The zero-order valence-corrected chi connectivity index (χ0v) is 20.4. The van der Waals surface area contributed by atoms with Gasteiger partial charge in [-0.05, 0) is 16.7 Å². The van der Waals surface area contributed by atoms with Gasteiger partial charge in [0.1, 0.15) is 24.2 Å². The van der Waals surface area contributed by atoms with Crippen LogP contribution in [0, 0.1) is 5.92 Å². The summed E-state index contributed by atoms with van der Waals surface area (Å²) < 4.78 is 30.4. The molecule has 3 aromatic rings. The Morgan fingerprint density at radius 1 is 0.750 bits per heavy atom. The van der Waals surface area contributed by atoms with Gasteiger partial charge in [0.05, 0.1) is 26.4 Å². The molecule has 1 aliphatic rings. The highest BCUT2D eigenvalue weighted by molar-refractivity contribution is 5.78. The van der Waals surface area contributed by atoms with Gasteiger partial charge in [0, 0.05) is 7.11 Å². The van der Waals surface area contributed by atoms with Crippen molar-refractivity contribution in [3.63, 3.8) is 0 Å². The minimum Gasteiger partial charge on any atom is -0.374 e. The van der Waals surface area contributed by atoms with Crippen LogP contribution in [0.1, 0.15) is 16.7 Å². The van der Waals surface area contributed by atoms with E-state index in [9.17, 15) is 4.79 Å². The molecule has 7 nitrogen and oxygen atoms in total. The van der Waals surface area contributed by atoms with Crippen LogP contribution in [-0.2, 0) is 48.3 Å². The van der Waals surface area contributed by atoms with Crippen molar-refractivity contribution in [3.05, 3.63) is 108 Å². The molecule has 0 spiro atoms. The predicted octanol–water partition coefficient (Wildman–Crippen LogP) is 3.85. The molecular weight excluding hydrogens is 458 g/mol. The van der Waals surface area contributed by atoms with E-state index in [0.717, 1.165) is 16.7 Å². The minimum atomic E-state index is -0.884. The molecule has 36 heavy (non-hydrogen) atoms. The Balaban J connectivity index is 1.55. The average molecular weight is 492 g/mol. The summed E-state index contributed by atoms with van der Waals surface area (Å²) in [6, 6.07) is 29.5. The third kappa shape index (κ3) is 7.00. The van der Waals surface area contributed by atoms with Crippen LogP contribution in [-0.4, -0.2) is 44.2 Å². The number of hydrogen-bond donors (Lipinski definition) is 1. The van der Waals surface area contributed by atoms with Gasteiger partial charge in [0.25, 0.3) is 0 Å². The van der Waals surface area contributed by atoms with E-state index in [1.54, 1.807) is 0 Å². The van der Waals surface area contributed by atoms with Crippen molar-refractivity contribution < 1.29 is 28.5 Å². The highest BCUT2D eigenvalue weighted by atomic mass is 16.7. The summed E-state index contributed by atoms with van der Waals surface area (Å²) in [7, 11) is 1.49. The molecule has 0 bridgehead atoms. The molecule has 0 aromatic heterocycles. The normalized spacial score (nSPS) is 23.9. The van der Waals surface area contributed by atoms with Gasteiger partial charge in [0.2, 0.25) is 5.91 Å². The number of nitrogens with two attached hydrogens (primary N) is 1. The van der Waals surface area contributed by atoms with Gasteiger partial charge in [0.15, 0.2) is 6.29 Å². The van der Waals surface area contributed by atoms with Crippen molar-refractivity contribution in [2.45, 2.75) is 44.4 Å². The number of primary amides is 1. The molecule has 0 unspecified atom stereocenters. The van der Waals surface area contributed by atoms with Crippen molar-refractivity contribution in [2.24, 2.45) is 11.7 Å². The lowest BCUT2D eigenvalue weighted by molar-refractivity contribution is -0.293. The highest BCUT2D eigenvalue weighted by Crippen LogP contribution is 2.32. The van der Waals surface area contributed by atoms with E-state index < -0.39 is 36.4 Å². The van der Waals surface area contributed by atoms with E-state index in [1.165, 1.54) is 7.11 Å². The van der Waals surface area contributed by atoms with E-state index in [2.05, 4.69) is 0 Å². The van der Waals surface area contributed by atoms with E-state index in [4.69, 9.17) is 29.4 Å². The lowest BCUT2D eigenvalue weighted by atomic mass is 9.89. The summed E-state index contributed by atoms with van der Waals surface area (Å²) in [5.74, 6) is -1.43. The number of benzene rings is 3. The molecule has 7 heteroatoms. The molecule has 5 atom stereocenters. The topological polar surface area (TPSA) is 89.2 Å². The fourth-order valence-electron chi connectivity index (χ4n) is 4.34. The first-order valence-electron chi connectivity index (χ1n) is 12.1. The second-order valence-corrected chi connectivity index (χ2v) is 8.73. The summed E-state index contributed by atoms with van der Waals surface area (Å²) in [4.78, 5) is 12.6. The van der Waals surface area contributed by atoms with Gasteiger partial charge < -0.3 is 29.4 Å². The molecule has 3 aromatic carbocycles. The smallest absolute Gasteiger partial charge is 0.228 e. The van der Waals surface area contributed by atoms with Crippen LogP contribution in [0.15, 0.2) is 91.0 Å². The SMILES string of the molecule is CO[C@@H]1O[C@H](COCc2ccccc2)[C@H](OCc2ccccc2)[C@H](OCc2ccccc2)[C@@H]1C(N)=O. The number of methoxy groups -OCH3 is 1. The average Bonchev–Trinajstić information content (AvgIpc) is 2.92. The maximum absolute atomic E-state index is 12.6. The van der Waals surface area contributed by atoms with E-state index in [-0.39, 0.29) is 13.2 Å². The second kappa shape index (κ2) is 13.3. The maximum atomic E-state index is 12.6. The van der Waals surface area contributed by atoms with Crippen molar-refractivity contribution >= 4 is 5.91 Å². The van der Waals surface area contributed by atoms with Gasteiger partial charge in [-0.3, -0.25) is 4.79 Å². The van der Waals surface area contributed by atoms with E-state index in [1.807, 2.05) is 91.0 Å². The molecule has 1 aliphatic heterocycles. The zero-order valence-electron chi connectivity index (χ0n) is 20.4. The number of carbonyl (C=O) groups is 1. The Labute approximate surface area is 212 Å². The number of carbonyl (C=O) groups excluding carboxylic acids is 1. The van der Waals surface area contributed by atoms with Gasteiger partial charge in [-0.2, -0.15) is 0 Å². The minimum absolute atomic E-state index is 0.227. The van der Waals surface area contributed by atoms with Gasteiger partial charge in [-0.15, -0.1) is 0 Å². The zero-order chi connectivity index (χ0) is 25.2. The van der Waals surface area contributed by atoms with Crippen LogP contribution in [0.4, 0.5) is 0 Å². The molecule has 1 heterocycles. The lowest BCUT2D eigenvalue weighted by Crippen LogP contribution is -2.61. The van der Waals surface area contributed by atoms with E-state index in [0.29, 0.717) is 13.2 Å². The largest absolute Gasteiger partial charge is 0.374 e. The third-order valence-corrected chi connectivity index (χ3v) is 6.17. The summed E-state index contributed by atoms with van der Waals surface area (Å²) in [5.41, 5.74) is 8.83. The van der Waals surface area contributed by atoms with Crippen LogP contribution in [0.25, 0.3) is 0 Å². The molecule has 1 fully saturated rings. The first-order chi connectivity index (χ1) is 17.7. The van der Waals surface area contributed by atoms with E-state index >= 15 is 0 Å². The lowest BCUT2D eigenvalue weighted by Gasteiger charge is -2.44. The Kier molecular flexibility index (Phi) is 9.61. The van der Waals surface area contributed by atoms with Crippen LogP contribution >= 0.6 is 0 Å². The van der Waals surface area contributed by atoms with Crippen molar-refractivity contribution in [1.29, 1.82) is 0 Å². The fourth-order valence-corrected chi connectivity index (χ4v) is 4.34. The Bertz CT molecular complexity index is 1050. The summed E-state index contributed by atoms with van der Waals surface area (Å²) in [6.45, 7) is 1.25. The number of amides is 1. The van der Waals surface area contributed by atoms with Crippen LogP contribution in [0.2, 0.25) is 0 Å². The molecule has 0 saturated carbocycles. The number of rotatable bonds is 12. The van der Waals surface area contributed by atoms with Gasteiger partial charge in [-0.25, -0.2) is 0 Å². The van der Waals surface area contributed by atoms with Crippen LogP contribution in [0.5, 0.6) is 0 Å². The van der Waals surface area contributed by atoms with Crippen molar-refractivity contribution in [3.8, 4) is 0 Å². The molecular formula is C29H33NO6. The summed E-state index contributed by atoms with van der Waals surface area (Å²) >= 11 is 0. The third-order valence-electron chi connectivity index (χ3n) is 6.17. The standard InChI is InChI=1S/C29H33NO6/c1-32-29-25(28(30)31)27(35-19-23-15-9-4-10-16-23)26(34-18-22-13-7-3-8-14-22)24(36-29)20-33-17-21-11-5-2-6-12-21/h2-16,24-27,29H,17-20H2,1H3,(H2,30,31)/t24-,25-,26+,27-,29-/m1/s1. The summed E-state index contributed by atoms with van der Waals surface area (Å²) in [5, 5.41) is 0.